The monoisotopic (exact) mass is 302 g/mol. The number of nitrogens with one attached hydrogen (secondary N) is 2. The van der Waals surface area contributed by atoms with Crippen molar-refractivity contribution in [1.29, 1.82) is 0 Å². The van der Waals surface area contributed by atoms with Crippen molar-refractivity contribution in [3.63, 3.8) is 0 Å². The molecule has 112 valence electrons. The van der Waals surface area contributed by atoms with Crippen LogP contribution in [-0.2, 0) is 6.54 Å². The van der Waals surface area contributed by atoms with Gasteiger partial charge in [-0.25, -0.2) is 0 Å². The van der Waals surface area contributed by atoms with Crippen LogP contribution in [0.15, 0.2) is 23.7 Å². The molecule has 1 aliphatic heterocycles. The zero-order chi connectivity index (χ0) is 14.1. The Balaban J connectivity index is 1.29. The number of nitrogens with zero attached hydrogens (tertiary/aromatic N) is 2. The molecule has 3 heterocycles. The number of rotatable bonds is 6. The summed E-state index contributed by atoms with van der Waals surface area (Å²) < 4.78 is 0. The highest BCUT2D eigenvalue weighted by Crippen LogP contribution is 2.31. The first kappa shape index (κ1) is 13.5. The van der Waals surface area contributed by atoms with Gasteiger partial charge in [0, 0.05) is 24.7 Å². The van der Waals surface area contributed by atoms with Crippen LogP contribution >= 0.6 is 11.3 Å². The molecule has 2 aromatic rings. The van der Waals surface area contributed by atoms with Crippen molar-refractivity contribution in [3.8, 4) is 10.6 Å². The first-order chi connectivity index (χ1) is 10.4. The summed E-state index contributed by atoms with van der Waals surface area (Å²) in [4.78, 5) is 3.95. The van der Waals surface area contributed by atoms with Gasteiger partial charge in [-0.1, -0.05) is 6.07 Å². The first-order valence-electron chi connectivity index (χ1n) is 7.91. The molecule has 0 radical (unpaired) electrons. The quantitative estimate of drug-likeness (QED) is 0.862. The van der Waals surface area contributed by atoms with Crippen molar-refractivity contribution >= 4 is 11.3 Å². The number of thiophene rings is 1. The third-order valence-corrected chi connectivity index (χ3v) is 5.50. The molecule has 1 saturated carbocycles. The zero-order valence-electron chi connectivity index (χ0n) is 12.2. The summed E-state index contributed by atoms with van der Waals surface area (Å²) in [5.41, 5.74) is 2.44. The van der Waals surface area contributed by atoms with E-state index in [1.807, 2.05) is 6.20 Å². The molecule has 2 aromatic heterocycles. The molecular weight excluding hydrogens is 280 g/mol. The summed E-state index contributed by atoms with van der Waals surface area (Å²) in [5.74, 6) is 0.822. The maximum absolute atomic E-state index is 4.21. The number of H-pyrrole nitrogens is 1. The molecule has 2 fully saturated rings. The van der Waals surface area contributed by atoms with Crippen LogP contribution in [0.3, 0.4) is 0 Å². The smallest absolute Gasteiger partial charge is 0.0794 e. The van der Waals surface area contributed by atoms with Crippen LogP contribution in [0.1, 0.15) is 24.8 Å². The molecule has 5 heteroatoms. The van der Waals surface area contributed by atoms with Crippen LogP contribution in [0.25, 0.3) is 10.6 Å². The van der Waals surface area contributed by atoms with Crippen LogP contribution in [-0.4, -0.2) is 40.8 Å². The highest BCUT2D eigenvalue weighted by molar-refractivity contribution is 7.13. The lowest BCUT2D eigenvalue weighted by molar-refractivity contribution is 0.312. The van der Waals surface area contributed by atoms with E-state index in [4.69, 9.17) is 0 Å². The Bertz CT molecular complexity index is 573. The van der Waals surface area contributed by atoms with Gasteiger partial charge in [0.1, 0.15) is 0 Å². The van der Waals surface area contributed by atoms with Gasteiger partial charge in [0.25, 0.3) is 0 Å². The summed E-state index contributed by atoms with van der Waals surface area (Å²) >= 11 is 1.76. The van der Waals surface area contributed by atoms with Gasteiger partial charge in [0.2, 0.25) is 0 Å². The first-order valence-corrected chi connectivity index (χ1v) is 8.79. The second kappa shape index (κ2) is 5.91. The summed E-state index contributed by atoms with van der Waals surface area (Å²) in [6, 6.07) is 5.16. The van der Waals surface area contributed by atoms with Gasteiger partial charge >= 0.3 is 0 Å². The Morgan fingerprint density at radius 1 is 1.38 bits per heavy atom. The molecular formula is C16H22N4S. The molecule has 0 aromatic carbocycles. The van der Waals surface area contributed by atoms with E-state index in [1.165, 1.54) is 48.5 Å². The molecule has 0 spiro atoms. The van der Waals surface area contributed by atoms with E-state index < -0.39 is 0 Å². The predicted octanol–water partition coefficient (Wildman–Crippen LogP) is 2.71. The highest BCUT2D eigenvalue weighted by atomic mass is 32.1. The fraction of sp³-hybridized carbons (Fsp3) is 0.562. The summed E-state index contributed by atoms with van der Waals surface area (Å²) in [6.45, 7) is 4.63. The van der Waals surface area contributed by atoms with Gasteiger partial charge in [-0.2, -0.15) is 5.10 Å². The topological polar surface area (TPSA) is 44.0 Å². The highest BCUT2D eigenvalue weighted by Gasteiger charge is 2.33. The Morgan fingerprint density at radius 2 is 2.33 bits per heavy atom. The Hall–Kier alpha value is -1.17. The molecule has 21 heavy (non-hydrogen) atoms. The molecule has 2 aliphatic rings. The van der Waals surface area contributed by atoms with Crippen molar-refractivity contribution in [3.05, 3.63) is 29.3 Å². The van der Waals surface area contributed by atoms with Crippen molar-refractivity contribution in [2.24, 2.45) is 5.92 Å². The lowest BCUT2D eigenvalue weighted by atomic mass is 10.1. The van der Waals surface area contributed by atoms with Crippen LogP contribution in [0.2, 0.25) is 0 Å². The number of hydrogen-bond acceptors (Lipinski definition) is 4. The summed E-state index contributed by atoms with van der Waals surface area (Å²) in [7, 11) is 0. The number of likely N-dealkylation sites (tertiary alicyclic amines) is 1. The SMILES string of the molecule is c1csc(-c2[nH]ncc2CNC[C@@H]2CCN(C3CC3)C2)c1. The number of aromatic amines is 1. The van der Waals surface area contributed by atoms with E-state index in [2.05, 4.69) is 37.9 Å². The van der Waals surface area contributed by atoms with E-state index in [0.29, 0.717) is 0 Å². The standard InChI is InChI=1S/C16H22N4S/c1-2-15(21-7-1)16-13(10-18-19-16)9-17-8-12-5-6-20(11-12)14-3-4-14/h1-2,7,10,12,14,17H,3-6,8-9,11H2,(H,18,19)/t12-/m0/s1. The Labute approximate surface area is 129 Å². The van der Waals surface area contributed by atoms with E-state index in [0.717, 1.165) is 25.0 Å². The van der Waals surface area contributed by atoms with E-state index in [9.17, 15) is 0 Å². The maximum Gasteiger partial charge on any atom is 0.0794 e. The minimum atomic E-state index is 0.822. The van der Waals surface area contributed by atoms with Gasteiger partial charge in [-0.3, -0.25) is 5.10 Å². The van der Waals surface area contributed by atoms with Crippen LogP contribution in [0, 0.1) is 5.92 Å². The third kappa shape index (κ3) is 3.05. The fourth-order valence-corrected chi connectivity index (χ4v) is 4.05. The van der Waals surface area contributed by atoms with Gasteiger partial charge < -0.3 is 10.2 Å². The second-order valence-electron chi connectivity index (χ2n) is 6.26. The van der Waals surface area contributed by atoms with Gasteiger partial charge in [-0.05, 0) is 49.7 Å². The second-order valence-corrected chi connectivity index (χ2v) is 7.21. The zero-order valence-corrected chi connectivity index (χ0v) is 13.0. The van der Waals surface area contributed by atoms with Gasteiger partial charge in [0.15, 0.2) is 0 Å². The van der Waals surface area contributed by atoms with E-state index in [-0.39, 0.29) is 0 Å². The lowest BCUT2D eigenvalue weighted by Crippen LogP contribution is -2.27. The molecule has 1 aliphatic carbocycles. The molecule has 4 rings (SSSR count). The van der Waals surface area contributed by atoms with Crippen molar-refractivity contribution in [1.82, 2.24) is 20.4 Å². The molecule has 0 amide bonds. The third-order valence-electron chi connectivity index (χ3n) is 4.61. The van der Waals surface area contributed by atoms with Crippen molar-refractivity contribution in [2.75, 3.05) is 19.6 Å². The minimum absolute atomic E-state index is 0.822. The van der Waals surface area contributed by atoms with Crippen LogP contribution in [0.5, 0.6) is 0 Å². The molecule has 1 atom stereocenters. The molecule has 4 nitrogen and oxygen atoms in total. The van der Waals surface area contributed by atoms with E-state index in [1.54, 1.807) is 11.3 Å². The van der Waals surface area contributed by atoms with Crippen LogP contribution < -0.4 is 5.32 Å². The molecule has 1 saturated heterocycles. The molecule has 0 bridgehead atoms. The predicted molar refractivity (Wildman–Crippen MR) is 86.3 cm³/mol. The summed E-state index contributed by atoms with van der Waals surface area (Å²) in [5, 5.41) is 13.1. The molecule has 0 unspecified atom stereocenters. The Kier molecular flexibility index (Phi) is 3.80. The average Bonchev–Trinajstić information content (AvgIpc) is 2.95. The fourth-order valence-electron chi connectivity index (χ4n) is 3.29. The van der Waals surface area contributed by atoms with Crippen molar-refractivity contribution < 1.29 is 0 Å². The normalized spacial score (nSPS) is 23.0. The van der Waals surface area contributed by atoms with Crippen LogP contribution in [0.4, 0.5) is 0 Å². The minimum Gasteiger partial charge on any atom is -0.312 e. The Morgan fingerprint density at radius 3 is 3.14 bits per heavy atom. The maximum atomic E-state index is 4.21. The van der Waals surface area contributed by atoms with E-state index >= 15 is 0 Å². The summed E-state index contributed by atoms with van der Waals surface area (Å²) in [6.07, 6.45) is 6.17. The largest absolute Gasteiger partial charge is 0.312 e. The van der Waals surface area contributed by atoms with Crippen molar-refractivity contribution in [2.45, 2.75) is 31.8 Å². The van der Waals surface area contributed by atoms with Gasteiger partial charge in [0.05, 0.1) is 16.8 Å². The van der Waals surface area contributed by atoms with Gasteiger partial charge in [-0.15, -0.1) is 11.3 Å². The molecule has 2 N–H and O–H groups in total. The lowest BCUT2D eigenvalue weighted by Gasteiger charge is -2.15. The number of hydrogen-bond donors (Lipinski definition) is 2. The average molecular weight is 302 g/mol. The number of aromatic nitrogens is 2.